The van der Waals surface area contributed by atoms with Crippen molar-refractivity contribution >= 4 is 29.0 Å². The second-order valence-electron chi connectivity index (χ2n) is 6.48. The van der Waals surface area contributed by atoms with Crippen molar-refractivity contribution in [2.24, 2.45) is 4.99 Å². The van der Waals surface area contributed by atoms with E-state index in [1.54, 1.807) is 25.1 Å². The van der Waals surface area contributed by atoms with Gasteiger partial charge in [-0.3, -0.25) is 9.79 Å². The monoisotopic (exact) mass is 390 g/mol. The van der Waals surface area contributed by atoms with Crippen LogP contribution in [0.15, 0.2) is 47.5 Å². The summed E-state index contributed by atoms with van der Waals surface area (Å²) in [5.41, 5.74) is 3.96. The Morgan fingerprint density at radius 2 is 2.00 bits per heavy atom. The van der Waals surface area contributed by atoms with Gasteiger partial charge < -0.3 is 10.1 Å². The summed E-state index contributed by atoms with van der Waals surface area (Å²) in [7, 11) is 0. The molecule has 2 N–H and O–H groups in total. The van der Waals surface area contributed by atoms with Gasteiger partial charge in [0.15, 0.2) is 0 Å². The number of carbonyl (C=O) groups excluding carboxylic acids is 2. The van der Waals surface area contributed by atoms with E-state index in [9.17, 15) is 9.59 Å². The highest BCUT2D eigenvalue weighted by Crippen LogP contribution is 2.35. The van der Waals surface area contributed by atoms with Crippen LogP contribution in [0.5, 0.6) is 0 Å². The van der Waals surface area contributed by atoms with Crippen LogP contribution in [0.3, 0.4) is 0 Å². The third-order valence-corrected chi connectivity index (χ3v) is 4.59. The standard InChI is InChI=1S/C20H18N6O3/c1-3-29-20(28)13-6-9-15-16(10-13)22-19(27)17(15)11(2)21-14-7-4-12(5-8-14)18-23-25-26-24-18/h4-10,17H,3H2,1-2H3,(H,22,27)(H,23,24,25,26). The van der Waals surface area contributed by atoms with Crippen LogP contribution in [-0.4, -0.2) is 44.8 Å². The summed E-state index contributed by atoms with van der Waals surface area (Å²) in [4.78, 5) is 29.1. The van der Waals surface area contributed by atoms with Gasteiger partial charge in [0.2, 0.25) is 11.7 Å². The minimum Gasteiger partial charge on any atom is -0.462 e. The second-order valence-corrected chi connectivity index (χ2v) is 6.48. The fourth-order valence-corrected chi connectivity index (χ4v) is 3.26. The first-order chi connectivity index (χ1) is 14.1. The molecule has 0 spiro atoms. The molecule has 0 bridgehead atoms. The van der Waals surface area contributed by atoms with Gasteiger partial charge in [-0.25, -0.2) is 4.79 Å². The van der Waals surface area contributed by atoms with Crippen LogP contribution >= 0.6 is 0 Å². The van der Waals surface area contributed by atoms with E-state index in [2.05, 4.69) is 30.9 Å². The van der Waals surface area contributed by atoms with Crippen molar-refractivity contribution in [2.75, 3.05) is 11.9 Å². The van der Waals surface area contributed by atoms with Crippen LogP contribution < -0.4 is 5.32 Å². The zero-order valence-electron chi connectivity index (χ0n) is 15.8. The third-order valence-electron chi connectivity index (χ3n) is 4.59. The lowest BCUT2D eigenvalue weighted by atomic mass is 9.95. The highest BCUT2D eigenvalue weighted by molar-refractivity contribution is 6.18. The number of carbonyl (C=O) groups is 2. The molecule has 1 aliphatic rings. The number of tetrazole rings is 1. The minimum absolute atomic E-state index is 0.175. The van der Waals surface area contributed by atoms with Gasteiger partial charge in [-0.2, -0.15) is 5.21 Å². The topological polar surface area (TPSA) is 122 Å². The Hall–Kier alpha value is -3.88. The summed E-state index contributed by atoms with van der Waals surface area (Å²) >= 11 is 0. The Kier molecular flexibility index (Phi) is 4.86. The third kappa shape index (κ3) is 3.62. The molecular weight excluding hydrogens is 372 g/mol. The van der Waals surface area contributed by atoms with Crippen LogP contribution in [-0.2, 0) is 9.53 Å². The van der Waals surface area contributed by atoms with Gasteiger partial charge in [0.05, 0.1) is 17.9 Å². The number of rotatable bonds is 5. The molecule has 1 atom stereocenters. The van der Waals surface area contributed by atoms with Crippen LogP contribution in [0.2, 0.25) is 0 Å². The van der Waals surface area contributed by atoms with Gasteiger partial charge in [-0.15, -0.1) is 10.2 Å². The van der Waals surface area contributed by atoms with Crippen LogP contribution in [0, 0.1) is 0 Å². The summed E-state index contributed by atoms with van der Waals surface area (Å²) in [6.07, 6.45) is 0. The van der Waals surface area contributed by atoms with E-state index in [4.69, 9.17) is 4.74 Å². The Bertz CT molecular complexity index is 1090. The first-order valence-electron chi connectivity index (χ1n) is 9.08. The quantitative estimate of drug-likeness (QED) is 0.510. The SMILES string of the molecule is CCOC(=O)c1ccc2c(c1)NC(=O)C2C(C)=Nc1ccc(-c2nn[nH]n2)cc1. The van der Waals surface area contributed by atoms with Crippen molar-refractivity contribution in [2.45, 2.75) is 19.8 Å². The highest BCUT2D eigenvalue weighted by atomic mass is 16.5. The maximum absolute atomic E-state index is 12.5. The van der Waals surface area contributed by atoms with Crippen LogP contribution in [0.4, 0.5) is 11.4 Å². The van der Waals surface area contributed by atoms with E-state index in [1.165, 1.54) is 0 Å². The molecule has 0 fully saturated rings. The molecule has 1 amide bonds. The van der Waals surface area contributed by atoms with Crippen molar-refractivity contribution in [3.63, 3.8) is 0 Å². The molecule has 9 nitrogen and oxygen atoms in total. The number of fused-ring (bicyclic) bond motifs is 1. The van der Waals surface area contributed by atoms with Crippen molar-refractivity contribution in [3.05, 3.63) is 53.6 Å². The lowest BCUT2D eigenvalue weighted by molar-refractivity contribution is -0.115. The molecule has 1 unspecified atom stereocenters. The minimum atomic E-state index is -0.516. The molecule has 0 saturated carbocycles. The van der Waals surface area contributed by atoms with Gasteiger partial charge in [-0.1, -0.05) is 6.07 Å². The molecule has 2 heterocycles. The van der Waals surface area contributed by atoms with Crippen molar-refractivity contribution < 1.29 is 14.3 Å². The second kappa shape index (κ2) is 7.63. The lowest BCUT2D eigenvalue weighted by Crippen LogP contribution is -2.18. The molecule has 0 saturated heterocycles. The summed E-state index contributed by atoms with van der Waals surface area (Å²) in [5, 5.41) is 16.7. The molecule has 1 aromatic heterocycles. The predicted molar refractivity (Wildman–Crippen MR) is 106 cm³/mol. The van der Waals surface area contributed by atoms with E-state index < -0.39 is 11.9 Å². The van der Waals surface area contributed by atoms with E-state index in [0.717, 1.165) is 11.1 Å². The number of hydrogen-bond acceptors (Lipinski definition) is 7. The van der Waals surface area contributed by atoms with Crippen molar-refractivity contribution in [3.8, 4) is 11.4 Å². The average Bonchev–Trinajstić information content (AvgIpc) is 3.35. The first-order valence-corrected chi connectivity index (χ1v) is 9.08. The summed E-state index contributed by atoms with van der Waals surface area (Å²) in [6.45, 7) is 3.85. The number of aromatic nitrogens is 4. The lowest BCUT2D eigenvalue weighted by Gasteiger charge is -2.09. The number of esters is 1. The normalized spacial score (nSPS) is 15.7. The number of amides is 1. The van der Waals surface area contributed by atoms with Crippen LogP contribution in [0.1, 0.15) is 35.7 Å². The number of nitrogens with one attached hydrogen (secondary N) is 2. The zero-order valence-corrected chi connectivity index (χ0v) is 15.8. The Labute approximate surface area is 166 Å². The molecule has 4 rings (SSSR count). The zero-order chi connectivity index (χ0) is 20.4. The fraction of sp³-hybridized carbons (Fsp3) is 0.200. The van der Waals surface area contributed by atoms with Crippen molar-refractivity contribution in [1.29, 1.82) is 0 Å². The molecule has 9 heteroatoms. The number of aliphatic imine (C=N–C) groups is 1. The summed E-state index contributed by atoms with van der Waals surface area (Å²) in [5.74, 6) is -0.609. The number of hydrogen-bond donors (Lipinski definition) is 2. The summed E-state index contributed by atoms with van der Waals surface area (Å²) < 4.78 is 5.01. The number of H-pyrrole nitrogens is 1. The average molecular weight is 390 g/mol. The Balaban J connectivity index is 1.58. The number of aromatic amines is 1. The maximum Gasteiger partial charge on any atom is 0.338 e. The van der Waals surface area contributed by atoms with Crippen LogP contribution in [0.25, 0.3) is 11.4 Å². The number of nitrogens with zero attached hydrogens (tertiary/aromatic N) is 4. The molecule has 0 aliphatic carbocycles. The van der Waals surface area contributed by atoms with Gasteiger partial charge in [0.25, 0.3) is 0 Å². The molecule has 1 aliphatic heterocycles. The largest absolute Gasteiger partial charge is 0.462 e. The van der Waals surface area contributed by atoms with E-state index in [0.29, 0.717) is 35.1 Å². The van der Waals surface area contributed by atoms with Crippen molar-refractivity contribution in [1.82, 2.24) is 20.6 Å². The molecule has 146 valence electrons. The number of benzene rings is 2. The molecular formula is C20H18N6O3. The Morgan fingerprint density at radius 3 is 2.69 bits per heavy atom. The summed E-state index contributed by atoms with van der Waals surface area (Å²) in [6, 6.07) is 12.4. The number of ether oxygens (including phenoxy) is 1. The van der Waals surface area contributed by atoms with E-state index >= 15 is 0 Å². The Morgan fingerprint density at radius 1 is 1.21 bits per heavy atom. The maximum atomic E-state index is 12.5. The first kappa shape index (κ1) is 18.5. The van der Waals surface area contributed by atoms with Gasteiger partial charge in [-0.05, 0) is 61.0 Å². The fourth-order valence-electron chi connectivity index (χ4n) is 3.26. The van der Waals surface area contributed by atoms with E-state index in [-0.39, 0.29) is 5.91 Å². The van der Waals surface area contributed by atoms with Gasteiger partial charge in [0, 0.05) is 17.0 Å². The predicted octanol–water partition coefficient (Wildman–Crippen LogP) is 2.87. The van der Waals surface area contributed by atoms with Gasteiger partial charge in [0.1, 0.15) is 5.92 Å². The number of anilines is 1. The highest BCUT2D eigenvalue weighted by Gasteiger charge is 2.33. The van der Waals surface area contributed by atoms with Gasteiger partial charge >= 0.3 is 5.97 Å². The molecule has 3 aromatic rings. The molecule has 0 radical (unpaired) electrons. The molecule has 2 aromatic carbocycles. The smallest absolute Gasteiger partial charge is 0.338 e. The van der Waals surface area contributed by atoms with E-state index in [1.807, 2.05) is 31.2 Å². The molecule has 29 heavy (non-hydrogen) atoms.